The fourth-order valence-corrected chi connectivity index (χ4v) is 5.67. The highest BCUT2D eigenvalue weighted by Gasteiger charge is 2.53. The van der Waals surface area contributed by atoms with Crippen LogP contribution in [-0.2, 0) is 10.3 Å². The summed E-state index contributed by atoms with van der Waals surface area (Å²) >= 11 is 7.89. The van der Waals surface area contributed by atoms with E-state index in [4.69, 9.17) is 21.3 Å². The molecule has 1 amide bonds. The zero-order chi connectivity index (χ0) is 23.7. The first-order valence-electron chi connectivity index (χ1n) is 10.9. The third kappa shape index (κ3) is 3.56. The summed E-state index contributed by atoms with van der Waals surface area (Å²) in [4.78, 5) is 20.9. The van der Waals surface area contributed by atoms with Gasteiger partial charge in [-0.1, -0.05) is 23.7 Å². The monoisotopic (exact) mass is 483 g/mol. The Hall–Kier alpha value is -2.71. The fourth-order valence-electron chi connectivity index (χ4n) is 4.34. The second-order valence-corrected chi connectivity index (χ2v) is 11.3. The Labute approximate surface area is 202 Å². The van der Waals surface area contributed by atoms with Gasteiger partial charge in [-0.05, 0) is 59.2 Å². The van der Waals surface area contributed by atoms with Crippen LogP contribution in [0.5, 0.6) is 0 Å². The van der Waals surface area contributed by atoms with Crippen LogP contribution in [0, 0.1) is 20.8 Å². The first-order chi connectivity index (χ1) is 15.5. The van der Waals surface area contributed by atoms with Crippen LogP contribution in [0.2, 0.25) is 5.02 Å². The number of amides is 1. The number of halogens is 1. The Morgan fingerprint density at radius 2 is 1.79 bits per heavy atom. The van der Waals surface area contributed by atoms with Crippen LogP contribution in [0.3, 0.4) is 0 Å². The molecule has 3 aromatic rings. The number of hydrogen-bond acceptors (Lipinski definition) is 6. The van der Waals surface area contributed by atoms with E-state index in [9.17, 15) is 4.79 Å². The summed E-state index contributed by atoms with van der Waals surface area (Å²) < 4.78 is 7.70. The van der Waals surface area contributed by atoms with Crippen molar-refractivity contribution >= 4 is 34.7 Å². The van der Waals surface area contributed by atoms with Crippen LogP contribution in [0.4, 0.5) is 4.79 Å². The molecule has 9 heteroatoms. The minimum Gasteiger partial charge on any atom is -0.444 e. The van der Waals surface area contributed by atoms with Crippen molar-refractivity contribution < 1.29 is 9.53 Å². The topological polar surface area (TPSA) is 72.6 Å². The molecular formula is C24H26ClN5O2S. The Morgan fingerprint density at radius 3 is 2.42 bits per heavy atom. The molecule has 0 unspecified atom stereocenters. The van der Waals surface area contributed by atoms with Gasteiger partial charge in [-0.3, -0.25) is 9.56 Å². The van der Waals surface area contributed by atoms with E-state index in [1.54, 1.807) is 16.2 Å². The fraction of sp³-hybridized carbons (Fsp3) is 0.417. The normalized spacial score (nSPS) is 16.6. The predicted molar refractivity (Wildman–Crippen MR) is 130 cm³/mol. The molecule has 33 heavy (non-hydrogen) atoms. The van der Waals surface area contributed by atoms with Crippen molar-refractivity contribution in [2.75, 3.05) is 13.1 Å². The highest BCUT2D eigenvalue weighted by Crippen LogP contribution is 2.44. The maximum atomic E-state index is 12.7. The SMILES string of the molecule is Cc1sc2c(c1C)C(c1ccc(Cl)cc1)=NC1(CN(C(=O)OC(C)(C)C)C1)c1nnc(C)n1-2. The lowest BCUT2D eigenvalue weighted by Gasteiger charge is -2.46. The number of nitrogens with zero attached hydrogens (tertiary/aromatic N) is 5. The molecule has 4 heterocycles. The molecule has 1 spiro atoms. The number of aliphatic imine (C=N–C) groups is 1. The maximum absolute atomic E-state index is 12.7. The molecule has 7 nitrogen and oxygen atoms in total. The van der Waals surface area contributed by atoms with E-state index in [1.165, 1.54) is 10.4 Å². The van der Waals surface area contributed by atoms with Crippen molar-refractivity contribution in [1.29, 1.82) is 0 Å². The lowest BCUT2D eigenvalue weighted by molar-refractivity contribution is -0.0101. The van der Waals surface area contributed by atoms with Crippen LogP contribution in [0.15, 0.2) is 29.3 Å². The first-order valence-corrected chi connectivity index (χ1v) is 12.1. The average Bonchev–Trinajstić information content (AvgIpc) is 3.17. The molecular weight excluding hydrogens is 458 g/mol. The van der Waals surface area contributed by atoms with Gasteiger partial charge in [-0.2, -0.15) is 0 Å². The van der Waals surface area contributed by atoms with Crippen molar-refractivity contribution in [1.82, 2.24) is 19.7 Å². The molecule has 0 N–H and O–H groups in total. The first kappa shape index (κ1) is 22.1. The number of ether oxygens (including phenoxy) is 1. The summed E-state index contributed by atoms with van der Waals surface area (Å²) in [7, 11) is 0. The number of fused-ring (bicyclic) bond motifs is 4. The van der Waals surface area contributed by atoms with Crippen molar-refractivity contribution in [3.05, 3.63) is 62.5 Å². The standard InChI is InChI=1S/C24H26ClN5O2S/c1-13-14(2)33-20-18(13)19(16-7-9-17(25)10-8-16)26-24(21-28-27-15(3)30(20)21)11-29(12-24)22(31)32-23(4,5)6/h7-10H,11-12H2,1-6H3. The number of carbonyl (C=O) groups is 1. The van der Waals surface area contributed by atoms with Crippen LogP contribution in [0.25, 0.3) is 5.00 Å². The largest absolute Gasteiger partial charge is 0.444 e. The third-order valence-corrected chi connectivity index (χ3v) is 7.49. The van der Waals surface area contributed by atoms with Gasteiger partial charge in [0.2, 0.25) is 0 Å². The van der Waals surface area contributed by atoms with Gasteiger partial charge in [0.25, 0.3) is 0 Å². The zero-order valence-corrected chi connectivity index (χ0v) is 21.1. The molecule has 0 atom stereocenters. The van der Waals surface area contributed by atoms with Gasteiger partial charge in [-0.15, -0.1) is 21.5 Å². The van der Waals surface area contributed by atoms with Crippen molar-refractivity contribution in [2.24, 2.45) is 4.99 Å². The number of rotatable bonds is 1. The summed E-state index contributed by atoms with van der Waals surface area (Å²) in [5.74, 6) is 1.56. The lowest BCUT2D eigenvalue weighted by atomic mass is 9.89. The minimum atomic E-state index is -0.702. The quantitative estimate of drug-likeness (QED) is 0.476. The van der Waals surface area contributed by atoms with Gasteiger partial charge in [0.1, 0.15) is 16.4 Å². The molecule has 5 rings (SSSR count). The van der Waals surface area contributed by atoms with E-state index >= 15 is 0 Å². The highest BCUT2D eigenvalue weighted by molar-refractivity contribution is 7.15. The molecule has 2 aliphatic rings. The average molecular weight is 484 g/mol. The van der Waals surface area contributed by atoms with Crippen LogP contribution in [-0.4, -0.2) is 50.2 Å². The van der Waals surface area contributed by atoms with Gasteiger partial charge in [0, 0.05) is 21.0 Å². The summed E-state index contributed by atoms with van der Waals surface area (Å²) in [6.07, 6.45) is -0.342. The second-order valence-electron chi connectivity index (χ2n) is 9.70. The van der Waals surface area contributed by atoms with Gasteiger partial charge >= 0.3 is 6.09 Å². The Kier molecular flexibility index (Phi) is 4.95. The zero-order valence-electron chi connectivity index (χ0n) is 19.6. The predicted octanol–water partition coefficient (Wildman–Crippen LogP) is 5.20. The van der Waals surface area contributed by atoms with Gasteiger partial charge in [0.05, 0.1) is 18.8 Å². The summed E-state index contributed by atoms with van der Waals surface area (Å²) in [5, 5.41) is 10.7. The van der Waals surface area contributed by atoms with Crippen LogP contribution >= 0.6 is 22.9 Å². The number of aryl methyl sites for hydroxylation is 2. The van der Waals surface area contributed by atoms with Crippen LogP contribution in [0.1, 0.15) is 54.0 Å². The van der Waals surface area contributed by atoms with E-state index in [1.807, 2.05) is 52.0 Å². The molecule has 0 radical (unpaired) electrons. The Bertz CT molecular complexity index is 1290. The van der Waals surface area contributed by atoms with Crippen molar-refractivity contribution in [2.45, 2.75) is 52.7 Å². The number of benzene rings is 1. The van der Waals surface area contributed by atoms with E-state index < -0.39 is 11.1 Å². The molecule has 2 aromatic heterocycles. The molecule has 172 valence electrons. The molecule has 0 bridgehead atoms. The number of likely N-dealkylation sites (tertiary alicyclic amines) is 1. The van der Waals surface area contributed by atoms with Crippen molar-refractivity contribution in [3.63, 3.8) is 0 Å². The van der Waals surface area contributed by atoms with Crippen molar-refractivity contribution in [3.8, 4) is 5.00 Å². The number of aromatic nitrogens is 3. The molecule has 0 saturated carbocycles. The van der Waals surface area contributed by atoms with E-state index in [0.717, 1.165) is 33.5 Å². The molecule has 2 aliphatic heterocycles. The van der Waals surface area contributed by atoms with Crippen LogP contribution < -0.4 is 0 Å². The Morgan fingerprint density at radius 1 is 1.12 bits per heavy atom. The Balaban J connectivity index is 1.68. The summed E-state index contributed by atoms with van der Waals surface area (Å²) in [6.45, 7) is 12.6. The van der Waals surface area contributed by atoms with Gasteiger partial charge < -0.3 is 9.64 Å². The third-order valence-electron chi connectivity index (χ3n) is 6.05. The van der Waals surface area contributed by atoms with Gasteiger partial charge in [0.15, 0.2) is 11.4 Å². The smallest absolute Gasteiger partial charge is 0.410 e. The maximum Gasteiger partial charge on any atom is 0.410 e. The van der Waals surface area contributed by atoms with Gasteiger partial charge in [-0.25, -0.2) is 4.79 Å². The molecule has 0 aliphatic carbocycles. The van der Waals surface area contributed by atoms with E-state index in [2.05, 4.69) is 28.6 Å². The number of carbonyl (C=O) groups excluding carboxylic acids is 1. The molecule has 1 aromatic carbocycles. The lowest BCUT2D eigenvalue weighted by Crippen LogP contribution is -2.62. The number of thiophene rings is 1. The highest BCUT2D eigenvalue weighted by atomic mass is 35.5. The summed E-state index contributed by atoms with van der Waals surface area (Å²) in [5.41, 5.74) is 2.87. The summed E-state index contributed by atoms with van der Waals surface area (Å²) in [6, 6.07) is 7.75. The molecule has 1 saturated heterocycles. The minimum absolute atomic E-state index is 0.342. The van der Waals surface area contributed by atoms with E-state index in [0.29, 0.717) is 18.1 Å². The second kappa shape index (κ2) is 7.40. The van der Waals surface area contributed by atoms with E-state index in [-0.39, 0.29) is 6.09 Å². The molecule has 1 fully saturated rings. The number of hydrogen-bond donors (Lipinski definition) is 0.